The number of benzene rings is 1. The molecule has 0 radical (unpaired) electrons. The zero-order chi connectivity index (χ0) is 19.3. The summed E-state index contributed by atoms with van der Waals surface area (Å²) in [5.74, 6) is 0. The first-order valence-electron chi connectivity index (χ1n) is 8.03. The minimum Gasteiger partial charge on any atom is -0.388 e. The van der Waals surface area contributed by atoms with Gasteiger partial charge < -0.3 is 5.32 Å². The maximum atomic E-state index is 13.0. The molecule has 4 aromatic rings. The predicted molar refractivity (Wildman–Crippen MR) is 95.7 cm³/mol. The number of alkyl halides is 3. The number of nitrogens with one attached hydrogen (secondary N) is 1. The number of aromatic nitrogens is 4. The number of pyridine rings is 1. The highest BCUT2D eigenvalue weighted by molar-refractivity contribution is 5.84. The maximum Gasteiger partial charge on any atom is 0.433 e. The van der Waals surface area contributed by atoms with E-state index in [9.17, 15) is 18.0 Å². The van der Waals surface area contributed by atoms with Crippen LogP contribution in [0.4, 0.5) is 18.9 Å². The molecule has 0 atom stereocenters. The van der Waals surface area contributed by atoms with Crippen molar-refractivity contribution in [2.75, 3.05) is 12.4 Å². The summed E-state index contributed by atoms with van der Waals surface area (Å²) in [6.07, 6.45) is -3.45. The van der Waals surface area contributed by atoms with Crippen molar-refractivity contribution >= 4 is 22.2 Å². The molecule has 1 N–H and O–H groups in total. The van der Waals surface area contributed by atoms with Gasteiger partial charge in [-0.15, -0.1) is 0 Å². The smallest absolute Gasteiger partial charge is 0.388 e. The highest BCUT2D eigenvalue weighted by Gasteiger charge is 2.32. The van der Waals surface area contributed by atoms with E-state index in [-0.39, 0.29) is 11.1 Å². The maximum absolute atomic E-state index is 13.0. The molecule has 9 heteroatoms. The van der Waals surface area contributed by atoms with Crippen LogP contribution in [-0.2, 0) is 13.2 Å². The molecule has 27 heavy (non-hydrogen) atoms. The van der Waals surface area contributed by atoms with Crippen molar-refractivity contribution in [2.24, 2.45) is 7.05 Å². The third-order valence-electron chi connectivity index (χ3n) is 4.43. The molecule has 0 fully saturated rings. The summed E-state index contributed by atoms with van der Waals surface area (Å²) < 4.78 is 41.8. The van der Waals surface area contributed by atoms with Crippen LogP contribution in [-0.4, -0.2) is 26.2 Å². The Morgan fingerprint density at radius 1 is 1.11 bits per heavy atom. The van der Waals surface area contributed by atoms with Gasteiger partial charge in [0.05, 0.1) is 16.6 Å². The van der Waals surface area contributed by atoms with E-state index in [1.807, 2.05) is 0 Å². The molecule has 4 rings (SSSR count). The summed E-state index contributed by atoms with van der Waals surface area (Å²) in [6, 6.07) is 9.23. The first-order valence-corrected chi connectivity index (χ1v) is 8.03. The fraction of sp³-hybridized carbons (Fsp3) is 0.167. The fourth-order valence-corrected chi connectivity index (χ4v) is 3.00. The fourth-order valence-electron chi connectivity index (χ4n) is 3.00. The van der Waals surface area contributed by atoms with E-state index >= 15 is 0 Å². The SMILES string of the molecule is CNc1ccc2c(=O)n(C)c3cc(-c4ccnc(C(F)(F)F)c4)nn3c2c1. The van der Waals surface area contributed by atoms with Gasteiger partial charge in [-0.3, -0.25) is 14.3 Å². The zero-order valence-corrected chi connectivity index (χ0v) is 14.4. The third kappa shape index (κ3) is 2.71. The number of rotatable bonds is 2. The molecule has 3 aromatic heterocycles. The minimum atomic E-state index is -4.55. The van der Waals surface area contributed by atoms with E-state index in [0.29, 0.717) is 22.2 Å². The molecule has 3 heterocycles. The molecule has 0 aliphatic rings. The predicted octanol–water partition coefficient (Wildman–Crippen LogP) is 3.31. The molecule has 0 saturated heterocycles. The van der Waals surface area contributed by atoms with E-state index in [4.69, 9.17) is 0 Å². The number of fused-ring (bicyclic) bond motifs is 3. The van der Waals surface area contributed by atoms with Crippen molar-refractivity contribution in [3.05, 3.63) is 58.6 Å². The topological polar surface area (TPSA) is 64.2 Å². The summed E-state index contributed by atoms with van der Waals surface area (Å²) in [7, 11) is 3.35. The van der Waals surface area contributed by atoms with Gasteiger partial charge in [0.25, 0.3) is 5.56 Å². The molecular formula is C18H14F3N5O. The molecule has 0 unspecified atom stereocenters. The van der Waals surface area contributed by atoms with Crippen molar-refractivity contribution in [3.8, 4) is 11.3 Å². The molecule has 0 aliphatic carbocycles. The molecule has 0 aliphatic heterocycles. The molecule has 138 valence electrons. The van der Waals surface area contributed by atoms with Crippen LogP contribution >= 0.6 is 0 Å². The Labute approximate surface area is 150 Å². The van der Waals surface area contributed by atoms with Crippen LogP contribution in [0.3, 0.4) is 0 Å². The van der Waals surface area contributed by atoms with Crippen molar-refractivity contribution < 1.29 is 13.2 Å². The quantitative estimate of drug-likeness (QED) is 0.586. The normalized spacial score (nSPS) is 12.0. The van der Waals surface area contributed by atoms with Crippen LogP contribution in [0, 0.1) is 0 Å². The van der Waals surface area contributed by atoms with Gasteiger partial charge >= 0.3 is 6.18 Å². The third-order valence-corrected chi connectivity index (χ3v) is 4.43. The lowest BCUT2D eigenvalue weighted by molar-refractivity contribution is -0.141. The Kier molecular flexibility index (Phi) is 3.69. The molecule has 1 aromatic carbocycles. The summed E-state index contributed by atoms with van der Waals surface area (Å²) in [4.78, 5) is 16.0. The van der Waals surface area contributed by atoms with Crippen LogP contribution in [0.25, 0.3) is 27.8 Å². The number of hydrogen-bond donors (Lipinski definition) is 1. The summed E-state index contributed by atoms with van der Waals surface area (Å²) >= 11 is 0. The number of hydrogen-bond acceptors (Lipinski definition) is 4. The summed E-state index contributed by atoms with van der Waals surface area (Å²) in [5, 5.41) is 7.91. The average Bonchev–Trinajstić information content (AvgIpc) is 3.11. The van der Waals surface area contributed by atoms with Crippen LogP contribution < -0.4 is 10.9 Å². The zero-order valence-electron chi connectivity index (χ0n) is 14.4. The van der Waals surface area contributed by atoms with Gasteiger partial charge in [0.2, 0.25) is 0 Å². The Hall–Kier alpha value is -3.36. The Morgan fingerprint density at radius 2 is 1.89 bits per heavy atom. The number of nitrogens with zero attached hydrogens (tertiary/aromatic N) is 4. The monoisotopic (exact) mass is 373 g/mol. The van der Waals surface area contributed by atoms with Gasteiger partial charge in [0.1, 0.15) is 11.3 Å². The first kappa shape index (κ1) is 17.1. The lowest BCUT2D eigenvalue weighted by Crippen LogP contribution is -2.19. The minimum absolute atomic E-state index is 0.211. The first-order chi connectivity index (χ1) is 12.8. The van der Waals surface area contributed by atoms with Crippen molar-refractivity contribution in [1.29, 1.82) is 0 Å². The van der Waals surface area contributed by atoms with Crippen LogP contribution in [0.5, 0.6) is 0 Å². The molecule has 0 bridgehead atoms. The average molecular weight is 373 g/mol. The van der Waals surface area contributed by atoms with Gasteiger partial charge in [-0.25, -0.2) is 4.52 Å². The van der Waals surface area contributed by atoms with E-state index in [0.717, 1.165) is 18.0 Å². The van der Waals surface area contributed by atoms with Gasteiger partial charge in [0.15, 0.2) is 0 Å². The standard InChI is InChI=1S/C18H14F3N5O/c1-22-11-3-4-12-14(8-11)26-16(25(2)17(12)27)9-13(24-26)10-5-6-23-15(7-10)18(19,20)21/h3-9,22H,1-2H3. The van der Waals surface area contributed by atoms with Crippen molar-refractivity contribution in [2.45, 2.75) is 6.18 Å². The van der Waals surface area contributed by atoms with Crippen molar-refractivity contribution in [3.63, 3.8) is 0 Å². The highest BCUT2D eigenvalue weighted by Crippen LogP contribution is 2.30. The largest absolute Gasteiger partial charge is 0.433 e. The van der Waals surface area contributed by atoms with Gasteiger partial charge in [0, 0.05) is 37.6 Å². The van der Waals surface area contributed by atoms with Crippen LogP contribution in [0.2, 0.25) is 0 Å². The highest BCUT2D eigenvalue weighted by atomic mass is 19.4. The summed E-state index contributed by atoms with van der Waals surface area (Å²) in [6.45, 7) is 0. The second-order valence-electron chi connectivity index (χ2n) is 6.07. The van der Waals surface area contributed by atoms with Crippen LogP contribution in [0.1, 0.15) is 5.69 Å². The lowest BCUT2D eigenvalue weighted by atomic mass is 10.1. The van der Waals surface area contributed by atoms with E-state index in [1.165, 1.54) is 10.6 Å². The van der Waals surface area contributed by atoms with E-state index in [1.54, 1.807) is 42.9 Å². The summed E-state index contributed by atoms with van der Waals surface area (Å²) in [5.41, 5.74) is 1.21. The van der Waals surface area contributed by atoms with Crippen LogP contribution in [0.15, 0.2) is 47.4 Å². The molecule has 0 spiro atoms. The Bertz CT molecular complexity index is 1240. The lowest BCUT2D eigenvalue weighted by Gasteiger charge is -2.08. The molecule has 0 saturated carbocycles. The Balaban J connectivity index is 2.01. The van der Waals surface area contributed by atoms with Gasteiger partial charge in [-0.2, -0.15) is 18.3 Å². The molecule has 0 amide bonds. The van der Waals surface area contributed by atoms with E-state index < -0.39 is 11.9 Å². The molecule has 6 nitrogen and oxygen atoms in total. The van der Waals surface area contributed by atoms with Gasteiger partial charge in [-0.05, 0) is 30.3 Å². The molecular weight excluding hydrogens is 359 g/mol. The van der Waals surface area contributed by atoms with E-state index in [2.05, 4.69) is 15.4 Å². The second kappa shape index (κ2) is 5.83. The number of halogens is 3. The van der Waals surface area contributed by atoms with Crippen molar-refractivity contribution in [1.82, 2.24) is 19.2 Å². The second-order valence-corrected chi connectivity index (χ2v) is 6.07. The number of aryl methyl sites for hydroxylation is 1. The Morgan fingerprint density at radius 3 is 2.59 bits per heavy atom. The van der Waals surface area contributed by atoms with Gasteiger partial charge in [-0.1, -0.05) is 0 Å². The number of anilines is 1.